The molecular weight excluding hydrogens is 404 g/mol. The fourth-order valence-corrected chi connectivity index (χ4v) is 4.15. The molecule has 1 atom stereocenters. The minimum atomic E-state index is -0.499. The van der Waals surface area contributed by atoms with Crippen molar-refractivity contribution in [1.82, 2.24) is 10.3 Å². The number of esters is 1. The van der Waals surface area contributed by atoms with Crippen molar-refractivity contribution in [1.29, 1.82) is 0 Å². The first-order valence-electron chi connectivity index (χ1n) is 10.6. The van der Waals surface area contributed by atoms with Gasteiger partial charge in [0, 0.05) is 12.4 Å². The molecule has 164 valence electrons. The normalized spacial score (nSPS) is 16.5. The number of fused-ring (bicyclic) bond motifs is 2. The third kappa shape index (κ3) is 4.35. The monoisotopic (exact) mass is 430 g/mol. The van der Waals surface area contributed by atoms with Gasteiger partial charge in [0.05, 0.1) is 23.9 Å². The molecule has 2 aromatic carbocycles. The lowest BCUT2D eigenvalue weighted by Crippen LogP contribution is -2.26. The number of amides is 1. The van der Waals surface area contributed by atoms with E-state index in [-0.39, 0.29) is 12.5 Å². The van der Waals surface area contributed by atoms with E-state index in [0.717, 1.165) is 51.9 Å². The highest BCUT2D eigenvalue weighted by atomic mass is 16.5. The Morgan fingerprint density at radius 3 is 2.59 bits per heavy atom. The second-order valence-electron chi connectivity index (χ2n) is 8.04. The van der Waals surface area contributed by atoms with Gasteiger partial charge in [-0.3, -0.25) is 4.79 Å². The fourth-order valence-electron chi connectivity index (χ4n) is 4.15. The van der Waals surface area contributed by atoms with Gasteiger partial charge in [0.25, 0.3) is 5.91 Å². The quantitative estimate of drug-likeness (QED) is 0.612. The zero-order chi connectivity index (χ0) is 22.7. The predicted molar refractivity (Wildman–Crippen MR) is 124 cm³/mol. The van der Waals surface area contributed by atoms with Crippen LogP contribution in [0.15, 0.2) is 48.5 Å². The number of likely N-dealkylation sites (N-methyl/N-ethyl adjacent to an activating group) is 1. The number of aromatic nitrogens is 1. The van der Waals surface area contributed by atoms with Crippen LogP contribution in [0.3, 0.4) is 0 Å². The van der Waals surface area contributed by atoms with Crippen LogP contribution in [-0.4, -0.2) is 37.6 Å². The molecule has 1 amide bonds. The Hall–Kier alpha value is -3.67. The van der Waals surface area contributed by atoms with Crippen molar-refractivity contribution in [3.05, 3.63) is 70.9 Å². The molecule has 1 N–H and O–H groups in total. The largest absolute Gasteiger partial charge is 0.497 e. The van der Waals surface area contributed by atoms with Crippen LogP contribution < -0.4 is 10.1 Å². The molecule has 0 radical (unpaired) electrons. The standard InChI is InChI=1S/C26H26N2O4/c1-16-12-18(14-17-8-10-19(31-3)11-9-17)25-21(13-16)24(26(30)32-15-23(29)27-2)20-6-4-5-7-22(20)28-25/h4-11,14,16H,12-13,15H2,1-3H3,(H,27,29)/b18-14+. The summed E-state index contributed by atoms with van der Waals surface area (Å²) < 4.78 is 10.6. The van der Waals surface area contributed by atoms with Crippen molar-refractivity contribution in [3.63, 3.8) is 0 Å². The highest BCUT2D eigenvalue weighted by molar-refractivity contribution is 6.07. The lowest BCUT2D eigenvalue weighted by molar-refractivity contribution is -0.123. The van der Waals surface area contributed by atoms with E-state index in [1.54, 1.807) is 7.11 Å². The van der Waals surface area contributed by atoms with Crippen molar-refractivity contribution in [2.45, 2.75) is 19.8 Å². The van der Waals surface area contributed by atoms with E-state index in [1.165, 1.54) is 7.05 Å². The van der Waals surface area contributed by atoms with Gasteiger partial charge in [0.1, 0.15) is 5.75 Å². The molecule has 1 aromatic heterocycles. The summed E-state index contributed by atoms with van der Waals surface area (Å²) in [5, 5.41) is 3.22. The van der Waals surface area contributed by atoms with Crippen LogP contribution in [0.5, 0.6) is 5.75 Å². The van der Waals surface area contributed by atoms with Crippen molar-refractivity contribution < 1.29 is 19.1 Å². The molecule has 6 nitrogen and oxygen atoms in total. The number of methoxy groups -OCH3 is 1. The van der Waals surface area contributed by atoms with Crippen molar-refractivity contribution in [3.8, 4) is 5.75 Å². The SMILES string of the molecule is CNC(=O)COC(=O)c1c2c(nc3ccccc13)/C(=C/c1ccc(OC)cc1)CC(C)C2. The first kappa shape index (κ1) is 21.6. The van der Waals surface area contributed by atoms with E-state index in [1.807, 2.05) is 48.5 Å². The summed E-state index contributed by atoms with van der Waals surface area (Å²) in [6, 6.07) is 15.4. The average molecular weight is 431 g/mol. The number of rotatable bonds is 5. The minimum absolute atomic E-state index is 0.315. The van der Waals surface area contributed by atoms with Crippen LogP contribution in [0, 0.1) is 5.92 Å². The predicted octanol–water partition coefficient (Wildman–Crippen LogP) is 4.27. The number of para-hydroxylation sites is 1. The number of carbonyl (C=O) groups is 2. The van der Waals surface area contributed by atoms with Gasteiger partial charge >= 0.3 is 5.97 Å². The number of nitrogens with zero attached hydrogens (tertiary/aromatic N) is 1. The molecule has 4 rings (SSSR count). The molecule has 6 heteroatoms. The summed E-state index contributed by atoms with van der Waals surface area (Å²) >= 11 is 0. The maximum Gasteiger partial charge on any atom is 0.339 e. The molecule has 0 saturated carbocycles. The van der Waals surface area contributed by atoms with Gasteiger partial charge < -0.3 is 14.8 Å². The second-order valence-corrected chi connectivity index (χ2v) is 8.04. The minimum Gasteiger partial charge on any atom is -0.497 e. The maximum absolute atomic E-state index is 13.1. The number of ether oxygens (including phenoxy) is 2. The van der Waals surface area contributed by atoms with Gasteiger partial charge in [-0.2, -0.15) is 0 Å². The number of hydrogen-bond donors (Lipinski definition) is 1. The maximum atomic E-state index is 13.1. The Kier molecular flexibility index (Phi) is 6.21. The number of benzene rings is 2. The highest BCUT2D eigenvalue weighted by Gasteiger charge is 2.29. The fraction of sp³-hybridized carbons (Fsp3) is 0.269. The molecule has 1 heterocycles. The zero-order valence-electron chi connectivity index (χ0n) is 18.5. The topological polar surface area (TPSA) is 77.5 Å². The van der Waals surface area contributed by atoms with Crippen LogP contribution in [0.1, 0.15) is 40.5 Å². The number of allylic oxidation sites excluding steroid dienone is 1. The molecule has 1 unspecified atom stereocenters. The van der Waals surface area contributed by atoms with E-state index in [0.29, 0.717) is 11.5 Å². The van der Waals surface area contributed by atoms with E-state index in [2.05, 4.69) is 18.3 Å². The first-order valence-corrected chi connectivity index (χ1v) is 10.6. The number of pyridine rings is 1. The molecule has 1 aliphatic rings. The second kappa shape index (κ2) is 9.22. The van der Waals surface area contributed by atoms with E-state index in [9.17, 15) is 9.59 Å². The van der Waals surface area contributed by atoms with Crippen LogP contribution in [-0.2, 0) is 16.0 Å². The van der Waals surface area contributed by atoms with Crippen LogP contribution >= 0.6 is 0 Å². The molecule has 3 aromatic rings. The molecule has 1 aliphatic carbocycles. The summed E-state index contributed by atoms with van der Waals surface area (Å²) in [6.45, 7) is 1.85. The molecule has 0 aliphatic heterocycles. The lowest BCUT2D eigenvalue weighted by Gasteiger charge is -2.26. The molecule has 0 bridgehead atoms. The smallest absolute Gasteiger partial charge is 0.339 e. The molecule has 0 saturated heterocycles. The van der Waals surface area contributed by atoms with Crippen LogP contribution in [0.2, 0.25) is 0 Å². The van der Waals surface area contributed by atoms with Gasteiger partial charge in [0.15, 0.2) is 6.61 Å². The van der Waals surface area contributed by atoms with E-state index in [4.69, 9.17) is 14.5 Å². The highest BCUT2D eigenvalue weighted by Crippen LogP contribution is 2.38. The third-order valence-corrected chi connectivity index (χ3v) is 5.69. The van der Waals surface area contributed by atoms with E-state index >= 15 is 0 Å². The molecular formula is C26H26N2O4. The van der Waals surface area contributed by atoms with Gasteiger partial charge in [-0.25, -0.2) is 9.78 Å². The number of hydrogen-bond acceptors (Lipinski definition) is 5. The summed E-state index contributed by atoms with van der Waals surface area (Å²) in [7, 11) is 3.16. The lowest BCUT2D eigenvalue weighted by atomic mass is 9.80. The Morgan fingerprint density at radius 1 is 1.12 bits per heavy atom. The number of carbonyl (C=O) groups excluding carboxylic acids is 2. The Labute approximate surface area is 187 Å². The Morgan fingerprint density at radius 2 is 1.88 bits per heavy atom. The summed E-state index contributed by atoms with van der Waals surface area (Å²) in [5.74, 6) is 0.288. The first-order chi connectivity index (χ1) is 15.5. The van der Waals surface area contributed by atoms with Gasteiger partial charge in [-0.15, -0.1) is 0 Å². The third-order valence-electron chi connectivity index (χ3n) is 5.69. The molecule has 0 fully saturated rings. The molecule has 0 spiro atoms. The average Bonchev–Trinajstić information content (AvgIpc) is 2.81. The van der Waals surface area contributed by atoms with Crippen LogP contribution in [0.25, 0.3) is 22.6 Å². The zero-order valence-corrected chi connectivity index (χ0v) is 18.5. The summed E-state index contributed by atoms with van der Waals surface area (Å²) in [6.07, 6.45) is 3.70. The van der Waals surface area contributed by atoms with Gasteiger partial charge in [-0.05, 0) is 59.7 Å². The van der Waals surface area contributed by atoms with Crippen molar-refractivity contribution in [2.24, 2.45) is 5.92 Å². The Bertz CT molecular complexity index is 1200. The molecule has 32 heavy (non-hydrogen) atoms. The van der Waals surface area contributed by atoms with Gasteiger partial charge in [0.2, 0.25) is 0 Å². The van der Waals surface area contributed by atoms with Crippen molar-refractivity contribution >= 4 is 34.4 Å². The Balaban J connectivity index is 1.84. The number of nitrogens with one attached hydrogen (secondary N) is 1. The van der Waals surface area contributed by atoms with Gasteiger partial charge in [-0.1, -0.05) is 37.3 Å². The van der Waals surface area contributed by atoms with Crippen LogP contribution in [0.4, 0.5) is 0 Å². The van der Waals surface area contributed by atoms with Crippen molar-refractivity contribution in [2.75, 3.05) is 20.8 Å². The van der Waals surface area contributed by atoms with E-state index < -0.39 is 5.97 Å². The summed E-state index contributed by atoms with van der Waals surface area (Å²) in [4.78, 5) is 29.7. The summed E-state index contributed by atoms with van der Waals surface area (Å²) in [5.41, 5.74) is 5.05.